The molecule has 80 valence electrons. The van der Waals surface area contributed by atoms with Gasteiger partial charge < -0.3 is 10.6 Å². The minimum absolute atomic E-state index is 0.0265. The van der Waals surface area contributed by atoms with E-state index in [1.165, 1.54) is 0 Å². The smallest absolute Gasteiger partial charge is 0.253 e. The van der Waals surface area contributed by atoms with E-state index in [9.17, 15) is 4.79 Å². The highest BCUT2D eigenvalue weighted by Gasteiger charge is 2.38. The quantitative estimate of drug-likeness (QED) is 0.784. The first kappa shape index (κ1) is 9.96. The van der Waals surface area contributed by atoms with E-state index in [0.29, 0.717) is 5.56 Å². The van der Waals surface area contributed by atoms with E-state index in [4.69, 9.17) is 0 Å². The Balaban J connectivity index is 2.05. The highest BCUT2D eigenvalue weighted by Crippen LogP contribution is 2.34. The number of nitrogens with zero attached hydrogens (tertiary/aromatic N) is 1. The number of hydrogen-bond acceptors (Lipinski definition) is 3. The number of amides is 1. The summed E-state index contributed by atoms with van der Waals surface area (Å²) in [6.45, 7) is 2.06. The van der Waals surface area contributed by atoms with Crippen LogP contribution in [0.15, 0.2) is 18.3 Å². The Morgan fingerprint density at radius 3 is 2.67 bits per heavy atom. The summed E-state index contributed by atoms with van der Waals surface area (Å²) in [5.41, 5.74) is 0.640. The lowest BCUT2D eigenvalue weighted by Crippen LogP contribution is -2.34. The molecule has 0 spiro atoms. The molecule has 2 rings (SSSR count). The number of aromatic nitrogens is 1. The molecule has 1 aliphatic carbocycles. The minimum Gasteiger partial charge on any atom is -0.373 e. The monoisotopic (exact) mass is 205 g/mol. The van der Waals surface area contributed by atoms with Crippen molar-refractivity contribution in [2.45, 2.75) is 25.3 Å². The highest BCUT2D eigenvalue weighted by atomic mass is 16.1. The van der Waals surface area contributed by atoms with Gasteiger partial charge in [0, 0.05) is 18.8 Å². The summed E-state index contributed by atoms with van der Waals surface area (Å²) < 4.78 is 0. The highest BCUT2D eigenvalue weighted by molar-refractivity contribution is 5.94. The summed E-state index contributed by atoms with van der Waals surface area (Å²) in [5.74, 6) is 0.731. The van der Waals surface area contributed by atoms with Gasteiger partial charge in [0.25, 0.3) is 5.91 Å². The third-order valence-corrected chi connectivity index (χ3v) is 2.70. The first-order valence-electron chi connectivity index (χ1n) is 5.09. The van der Waals surface area contributed by atoms with E-state index in [0.717, 1.165) is 18.7 Å². The van der Waals surface area contributed by atoms with E-state index >= 15 is 0 Å². The Hall–Kier alpha value is -1.58. The largest absolute Gasteiger partial charge is 0.373 e. The minimum atomic E-state index is -0.0369. The lowest BCUT2D eigenvalue weighted by atomic mass is 10.2. The van der Waals surface area contributed by atoms with Crippen molar-refractivity contribution in [3.05, 3.63) is 23.9 Å². The van der Waals surface area contributed by atoms with Gasteiger partial charge in [-0.2, -0.15) is 0 Å². The van der Waals surface area contributed by atoms with Crippen LogP contribution in [0.25, 0.3) is 0 Å². The fourth-order valence-electron chi connectivity index (χ4n) is 1.33. The second kappa shape index (κ2) is 3.53. The van der Waals surface area contributed by atoms with E-state index in [-0.39, 0.29) is 11.4 Å². The summed E-state index contributed by atoms with van der Waals surface area (Å²) in [6.07, 6.45) is 3.73. The third kappa shape index (κ3) is 2.26. The normalized spacial score (nSPS) is 16.9. The molecule has 1 saturated carbocycles. The molecule has 15 heavy (non-hydrogen) atoms. The van der Waals surface area contributed by atoms with Crippen LogP contribution in [0, 0.1) is 0 Å². The fraction of sp³-hybridized carbons (Fsp3) is 0.455. The Morgan fingerprint density at radius 2 is 2.20 bits per heavy atom. The van der Waals surface area contributed by atoms with Crippen molar-refractivity contribution in [1.29, 1.82) is 0 Å². The van der Waals surface area contributed by atoms with Gasteiger partial charge in [0.05, 0.1) is 5.56 Å². The first-order valence-corrected chi connectivity index (χ1v) is 5.09. The molecule has 1 aliphatic rings. The molecule has 1 heterocycles. The van der Waals surface area contributed by atoms with Crippen molar-refractivity contribution in [2.24, 2.45) is 0 Å². The lowest BCUT2D eigenvalue weighted by Gasteiger charge is -2.11. The molecular formula is C11H15N3O. The maximum Gasteiger partial charge on any atom is 0.253 e. The molecule has 0 aliphatic heterocycles. The SMILES string of the molecule is CNc1ccc(C(=O)NC2(C)CC2)cn1. The van der Waals surface area contributed by atoms with Crippen LogP contribution >= 0.6 is 0 Å². The van der Waals surface area contributed by atoms with E-state index in [1.54, 1.807) is 25.4 Å². The molecule has 1 aromatic rings. The van der Waals surface area contributed by atoms with Crippen LogP contribution in [-0.4, -0.2) is 23.5 Å². The van der Waals surface area contributed by atoms with Gasteiger partial charge in [-0.1, -0.05) is 0 Å². The van der Waals surface area contributed by atoms with Gasteiger partial charge >= 0.3 is 0 Å². The van der Waals surface area contributed by atoms with E-state index in [2.05, 4.69) is 22.5 Å². The average molecular weight is 205 g/mol. The summed E-state index contributed by atoms with van der Waals surface area (Å²) in [4.78, 5) is 15.8. The number of anilines is 1. The van der Waals surface area contributed by atoms with Crippen LogP contribution in [0.4, 0.5) is 5.82 Å². The standard InChI is InChI=1S/C11H15N3O/c1-11(5-6-11)14-10(15)8-3-4-9(12-2)13-7-8/h3-4,7H,5-6H2,1-2H3,(H,12,13)(H,14,15). The Morgan fingerprint density at radius 1 is 1.47 bits per heavy atom. The summed E-state index contributed by atoms with van der Waals surface area (Å²) >= 11 is 0. The summed E-state index contributed by atoms with van der Waals surface area (Å²) in [5, 5.41) is 5.90. The maximum absolute atomic E-state index is 11.7. The molecule has 0 atom stereocenters. The molecule has 0 bridgehead atoms. The molecule has 1 amide bonds. The third-order valence-electron chi connectivity index (χ3n) is 2.70. The van der Waals surface area contributed by atoms with Crippen molar-refractivity contribution in [1.82, 2.24) is 10.3 Å². The number of nitrogens with one attached hydrogen (secondary N) is 2. The molecule has 4 heteroatoms. The van der Waals surface area contributed by atoms with Crippen molar-refractivity contribution < 1.29 is 4.79 Å². The Kier molecular flexibility index (Phi) is 2.34. The second-order valence-corrected chi connectivity index (χ2v) is 4.20. The van der Waals surface area contributed by atoms with Crippen molar-refractivity contribution in [3.63, 3.8) is 0 Å². The fourth-order valence-corrected chi connectivity index (χ4v) is 1.33. The van der Waals surface area contributed by atoms with Gasteiger partial charge in [-0.05, 0) is 31.9 Å². The molecule has 2 N–H and O–H groups in total. The van der Waals surface area contributed by atoms with E-state index in [1.807, 2.05) is 0 Å². The van der Waals surface area contributed by atoms with Gasteiger partial charge in [-0.15, -0.1) is 0 Å². The number of carbonyl (C=O) groups is 1. The zero-order chi connectivity index (χ0) is 10.9. The van der Waals surface area contributed by atoms with Crippen molar-refractivity contribution in [2.75, 3.05) is 12.4 Å². The van der Waals surface area contributed by atoms with Gasteiger partial charge in [0.1, 0.15) is 5.82 Å². The predicted octanol–water partition coefficient (Wildman–Crippen LogP) is 1.41. The predicted molar refractivity (Wildman–Crippen MR) is 58.9 cm³/mol. The van der Waals surface area contributed by atoms with Gasteiger partial charge in [0.2, 0.25) is 0 Å². The van der Waals surface area contributed by atoms with Crippen LogP contribution < -0.4 is 10.6 Å². The van der Waals surface area contributed by atoms with Crippen LogP contribution in [0.5, 0.6) is 0 Å². The number of carbonyl (C=O) groups excluding carboxylic acids is 1. The number of hydrogen-bond donors (Lipinski definition) is 2. The number of pyridine rings is 1. The first-order chi connectivity index (χ1) is 7.13. The van der Waals surface area contributed by atoms with Crippen molar-refractivity contribution >= 4 is 11.7 Å². The molecule has 1 fully saturated rings. The molecule has 0 radical (unpaired) electrons. The molecular weight excluding hydrogens is 190 g/mol. The zero-order valence-corrected chi connectivity index (χ0v) is 9.00. The Bertz CT molecular complexity index is 368. The van der Waals surface area contributed by atoms with Crippen molar-refractivity contribution in [3.8, 4) is 0 Å². The molecule has 1 aromatic heterocycles. The molecule has 4 nitrogen and oxygen atoms in total. The lowest BCUT2D eigenvalue weighted by molar-refractivity contribution is 0.0935. The van der Waals surface area contributed by atoms with Gasteiger partial charge in [0.15, 0.2) is 0 Å². The maximum atomic E-state index is 11.7. The summed E-state index contributed by atoms with van der Waals surface area (Å²) in [7, 11) is 1.80. The van der Waals surface area contributed by atoms with Crippen LogP contribution in [0.1, 0.15) is 30.1 Å². The average Bonchev–Trinajstić information content (AvgIpc) is 2.96. The topological polar surface area (TPSA) is 54.0 Å². The second-order valence-electron chi connectivity index (χ2n) is 4.20. The van der Waals surface area contributed by atoms with E-state index < -0.39 is 0 Å². The van der Waals surface area contributed by atoms with Gasteiger partial charge in [-0.25, -0.2) is 4.98 Å². The van der Waals surface area contributed by atoms with Crippen LogP contribution in [0.3, 0.4) is 0 Å². The molecule has 0 saturated heterocycles. The van der Waals surface area contributed by atoms with Crippen LogP contribution in [-0.2, 0) is 0 Å². The molecule has 0 aromatic carbocycles. The molecule has 0 unspecified atom stereocenters. The summed E-state index contributed by atoms with van der Waals surface area (Å²) in [6, 6.07) is 3.57. The number of rotatable bonds is 3. The van der Waals surface area contributed by atoms with Gasteiger partial charge in [-0.3, -0.25) is 4.79 Å². The van der Waals surface area contributed by atoms with Crippen LogP contribution in [0.2, 0.25) is 0 Å². The Labute approximate surface area is 89.1 Å². The zero-order valence-electron chi connectivity index (χ0n) is 9.00.